The molecule has 5 nitrogen and oxygen atoms in total. The van der Waals surface area contributed by atoms with E-state index in [-0.39, 0.29) is 12.5 Å². The van der Waals surface area contributed by atoms with E-state index in [1.165, 1.54) is 11.1 Å². The van der Waals surface area contributed by atoms with Crippen LogP contribution in [0.5, 0.6) is 5.75 Å². The second-order valence-corrected chi connectivity index (χ2v) is 6.31. The number of hydrogen-bond acceptors (Lipinski definition) is 4. The van der Waals surface area contributed by atoms with Crippen LogP contribution in [-0.2, 0) is 16.0 Å². The molecule has 1 N–H and O–H groups in total. The molecule has 0 aliphatic carbocycles. The Morgan fingerprint density at radius 3 is 2.60 bits per heavy atom. The average Bonchev–Trinajstić information content (AvgIpc) is 2.61. The number of carbonyl (C=O) groups excluding carboxylic acids is 2. The van der Waals surface area contributed by atoms with Crippen LogP contribution in [0.2, 0.25) is 0 Å². The van der Waals surface area contributed by atoms with Crippen LogP contribution >= 0.6 is 15.9 Å². The van der Waals surface area contributed by atoms with Crippen LogP contribution in [0.1, 0.15) is 21.5 Å². The van der Waals surface area contributed by atoms with Crippen molar-refractivity contribution in [1.82, 2.24) is 5.32 Å². The fourth-order valence-electron chi connectivity index (χ4n) is 2.29. The van der Waals surface area contributed by atoms with Crippen molar-refractivity contribution in [3.63, 3.8) is 0 Å². The summed E-state index contributed by atoms with van der Waals surface area (Å²) in [5, 5.41) is 2.75. The van der Waals surface area contributed by atoms with E-state index in [2.05, 4.69) is 21.2 Å². The maximum absolute atomic E-state index is 12.0. The van der Waals surface area contributed by atoms with Gasteiger partial charge in [-0.3, -0.25) is 4.79 Å². The van der Waals surface area contributed by atoms with Gasteiger partial charge in [0, 0.05) is 6.54 Å². The van der Waals surface area contributed by atoms with E-state index in [1.54, 1.807) is 25.3 Å². The zero-order chi connectivity index (χ0) is 18.2. The van der Waals surface area contributed by atoms with Gasteiger partial charge in [0.05, 0.1) is 17.1 Å². The molecule has 0 aromatic heterocycles. The first kappa shape index (κ1) is 19.0. The third-order valence-electron chi connectivity index (χ3n) is 3.70. The Bertz CT molecular complexity index is 761. The van der Waals surface area contributed by atoms with E-state index >= 15 is 0 Å². The number of benzene rings is 2. The molecule has 2 rings (SSSR count). The van der Waals surface area contributed by atoms with Crippen LogP contribution in [-0.4, -0.2) is 32.1 Å². The molecule has 0 saturated carbocycles. The maximum atomic E-state index is 12.0. The molecule has 1 amide bonds. The number of esters is 1. The minimum atomic E-state index is -0.558. The first-order valence-corrected chi connectivity index (χ1v) is 8.62. The van der Waals surface area contributed by atoms with Gasteiger partial charge >= 0.3 is 5.97 Å². The standard InChI is InChI=1S/C19H20BrNO4/c1-13-5-3-4-6-14(13)9-10-21-18(22)12-25-19(23)15-7-8-17(24-2)16(20)11-15/h3-8,11H,9-10,12H2,1-2H3,(H,21,22). The largest absolute Gasteiger partial charge is 0.496 e. The highest BCUT2D eigenvalue weighted by Gasteiger charge is 2.12. The van der Waals surface area contributed by atoms with Crippen LogP contribution < -0.4 is 10.1 Å². The van der Waals surface area contributed by atoms with Gasteiger partial charge < -0.3 is 14.8 Å². The number of nitrogens with one attached hydrogen (secondary N) is 1. The fraction of sp³-hybridized carbons (Fsp3) is 0.263. The number of methoxy groups -OCH3 is 1. The first-order valence-electron chi connectivity index (χ1n) is 7.83. The molecule has 2 aromatic rings. The molecule has 25 heavy (non-hydrogen) atoms. The first-order chi connectivity index (χ1) is 12.0. The second kappa shape index (κ2) is 9.22. The van der Waals surface area contributed by atoms with Crippen LogP contribution in [0.3, 0.4) is 0 Å². The Kier molecular flexibility index (Phi) is 7.01. The van der Waals surface area contributed by atoms with E-state index in [9.17, 15) is 9.59 Å². The number of halogens is 1. The predicted molar refractivity (Wildman–Crippen MR) is 98.9 cm³/mol. The molecular formula is C19H20BrNO4. The average molecular weight is 406 g/mol. The lowest BCUT2D eigenvalue weighted by molar-refractivity contribution is -0.124. The zero-order valence-corrected chi connectivity index (χ0v) is 15.8. The maximum Gasteiger partial charge on any atom is 0.338 e. The molecule has 0 saturated heterocycles. The van der Waals surface area contributed by atoms with Crippen molar-refractivity contribution in [1.29, 1.82) is 0 Å². The van der Waals surface area contributed by atoms with E-state index in [0.29, 0.717) is 22.3 Å². The van der Waals surface area contributed by atoms with Crippen molar-refractivity contribution in [2.75, 3.05) is 20.3 Å². The predicted octanol–water partition coefficient (Wildman–Crippen LogP) is 3.28. The summed E-state index contributed by atoms with van der Waals surface area (Å²) in [5.41, 5.74) is 2.72. The highest BCUT2D eigenvalue weighted by Crippen LogP contribution is 2.25. The lowest BCUT2D eigenvalue weighted by Gasteiger charge is -2.09. The number of carbonyl (C=O) groups is 2. The van der Waals surface area contributed by atoms with E-state index in [0.717, 1.165) is 6.42 Å². The Hall–Kier alpha value is -2.34. The summed E-state index contributed by atoms with van der Waals surface area (Å²) in [6.07, 6.45) is 0.734. The minimum absolute atomic E-state index is 0.309. The van der Waals surface area contributed by atoms with Crippen molar-refractivity contribution < 1.29 is 19.1 Å². The molecule has 0 unspecified atom stereocenters. The van der Waals surface area contributed by atoms with Gasteiger partial charge in [0.1, 0.15) is 5.75 Å². The lowest BCUT2D eigenvalue weighted by Crippen LogP contribution is -2.30. The van der Waals surface area contributed by atoms with Gasteiger partial charge in [0.25, 0.3) is 5.91 Å². The van der Waals surface area contributed by atoms with Crippen molar-refractivity contribution >= 4 is 27.8 Å². The fourth-order valence-corrected chi connectivity index (χ4v) is 2.83. The number of ether oxygens (including phenoxy) is 2. The Morgan fingerprint density at radius 1 is 1.16 bits per heavy atom. The number of aryl methyl sites for hydroxylation is 1. The molecule has 0 radical (unpaired) electrons. The van der Waals surface area contributed by atoms with Crippen molar-refractivity contribution in [2.24, 2.45) is 0 Å². The normalized spacial score (nSPS) is 10.2. The van der Waals surface area contributed by atoms with Gasteiger partial charge in [-0.15, -0.1) is 0 Å². The van der Waals surface area contributed by atoms with Gasteiger partial charge in [0.15, 0.2) is 6.61 Å². The summed E-state index contributed by atoms with van der Waals surface area (Å²) in [6, 6.07) is 12.9. The van der Waals surface area contributed by atoms with E-state index < -0.39 is 5.97 Å². The third-order valence-corrected chi connectivity index (χ3v) is 4.32. The van der Waals surface area contributed by atoms with Gasteiger partial charge in [-0.05, 0) is 58.6 Å². The molecular weight excluding hydrogens is 386 g/mol. The van der Waals surface area contributed by atoms with Gasteiger partial charge in [-0.2, -0.15) is 0 Å². The smallest absolute Gasteiger partial charge is 0.338 e. The molecule has 0 aliphatic heterocycles. The SMILES string of the molecule is COc1ccc(C(=O)OCC(=O)NCCc2ccccc2C)cc1Br. The molecule has 6 heteroatoms. The number of rotatable bonds is 7. The van der Waals surface area contributed by atoms with E-state index in [4.69, 9.17) is 9.47 Å². The van der Waals surface area contributed by atoms with Crippen molar-refractivity contribution in [3.8, 4) is 5.75 Å². The second-order valence-electron chi connectivity index (χ2n) is 5.45. The molecule has 2 aromatic carbocycles. The molecule has 0 bridgehead atoms. The highest BCUT2D eigenvalue weighted by atomic mass is 79.9. The van der Waals surface area contributed by atoms with Crippen molar-refractivity contribution in [3.05, 3.63) is 63.6 Å². The molecule has 0 heterocycles. The summed E-state index contributed by atoms with van der Waals surface area (Å²) >= 11 is 3.31. The Labute approximate surface area is 155 Å². The van der Waals surface area contributed by atoms with Crippen LogP contribution in [0.4, 0.5) is 0 Å². The van der Waals surface area contributed by atoms with Crippen LogP contribution in [0.25, 0.3) is 0 Å². The molecule has 0 fully saturated rings. The summed E-state index contributed by atoms with van der Waals surface area (Å²) in [4.78, 5) is 23.8. The molecule has 0 atom stereocenters. The van der Waals surface area contributed by atoms with Gasteiger partial charge in [-0.1, -0.05) is 24.3 Å². The Morgan fingerprint density at radius 2 is 1.92 bits per heavy atom. The Balaban J connectivity index is 1.77. The summed E-state index contributed by atoms with van der Waals surface area (Å²) in [7, 11) is 1.54. The van der Waals surface area contributed by atoms with Crippen molar-refractivity contribution in [2.45, 2.75) is 13.3 Å². The van der Waals surface area contributed by atoms with E-state index in [1.807, 2.05) is 31.2 Å². The van der Waals surface area contributed by atoms with Crippen LogP contribution in [0.15, 0.2) is 46.9 Å². The summed E-state index contributed by atoms with van der Waals surface area (Å²) in [5.74, 6) is -0.266. The number of hydrogen-bond donors (Lipinski definition) is 1. The summed E-state index contributed by atoms with van der Waals surface area (Å²) in [6.45, 7) is 2.22. The molecule has 0 spiro atoms. The van der Waals surface area contributed by atoms with Gasteiger partial charge in [0.2, 0.25) is 0 Å². The zero-order valence-electron chi connectivity index (χ0n) is 14.2. The van der Waals surface area contributed by atoms with Crippen LogP contribution in [0, 0.1) is 6.92 Å². The topological polar surface area (TPSA) is 64.6 Å². The minimum Gasteiger partial charge on any atom is -0.496 e. The van der Waals surface area contributed by atoms with Gasteiger partial charge in [-0.25, -0.2) is 4.79 Å². The highest BCUT2D eigenvalue weighted by molar-refractivity contribution is 9.10. The monoisotopic (exact) mass is 405 g/mol. The number of amides is 1. The summed E-state index contributed by atoms with van der Waals surface area (Å²) < 4.78 is 10.8. The quantitative estimate of drug-likeness (QED) is 0.717. The third kappa shape index (κ3) is 5.60. The molecule has 0 aliphatic rings. The lowest BCUT2D eigenvalue weighted by atomic mass is 10.1. The molecule has 132 valence electrons.